The molecule has 5 heteroatoms. The molecule has 0 unspecified atom stereocenters. The first-order valence-electron chi connectivity index (χ1n) is 6.65. The average Bonchev–Trinajstić information content (AvgIpc) is 2.46. The zero-order valence-electron chi connectivity index (χ0n) is 11.3. The van der Waals surface area contributed by atoms with Crippen LogP contribution in [0, 0.1) is 17.1 Å². The van der Waals surface area contributed by atoms with E-state index in [1.54, 1.807) is 7.05 Å². The molecule has 0 heterocycles. The molecule has 1 aliphatic rings. The van der Waals surface area contributed by atoms with Gasteiger partial charge in [0.05, 0.1) is 11.6 Å². The van der Waals surface area contributed by atoms with E-state index in [9.17, 15) is 14.4 Å². The Labute approximate surface area is 126 Å². The van der Waals surface area contributed by atoms with E-state index >= 15 is 0 Å². The fraction of sp³-hybridized carbons (Fsp3) is 0.467. The van der Waals surface area contributed by atoms with Crippen LogP contribution in [0.2, 0.25) is 0 Å². The summed E-state index contributed by atoms with van der Waals surface area (Å²) in [4.78, 5) is 14.1. The normalized spacial score (nSPS) is 17.3. The van der Waals surface area contributed by atoms with Crippen molar-refractivity contribution in [1.29, 1.82) is 5.26 Å². The van der Waals surface area contributed by atoms with Crippen LogP contribution in [0.3, 0.4) is 0 Å². The summed E-state index contributed by atoms with van der Waals surface area (Å²) in [5.74, 6) is -0.649. The molecular weight excluding hydrogens is 323 g/mol. The van der Waals surface area contributed by atoms with Crippen molar-refractivity contribution in [2.24, 2.45) is 0 Å². The fourth-order valence-electron chi connectivity index (χ4n) is 2.70. The zero-order chi connectivity index (χ0) is 14.8. The maximum absolute atomic E-state index is 13.1. The minimum absolute atomic E-state index is 0.250. The second-order valence-electron chi connectivity index (χ2n) is 5.19. The van der Waals surface area contributed by atoms with Crippen LogP contribution in [0.1, 0.15) is 42.5 Å². The van der Waals surface area contributed by atoms with Gasteiger partial charge in [0, 0.05) is 11.5 Å². The van der Waals surface area contributed by atoms with Gasteiger partial charge in [-0.2, -0.15) is 5.26 Å². The Balaban J connectivity index is 2.30. The Kier molecular flexibility index (Phi) is 4.44. The van der Waals surface area contributed by atoms with Crippen LogP contribution in [-0.4, -0.2) is 23.4 Å². The Hall–Kier alpha value is -1.41. The van der Waals surface area contributed by atoms with Gasteiger partial charge < -0.3 is 4.90 Å². The molecule has 0 N–H and O–H groups in total. The van der Waals surface area contributed by atoms with Gasteiger partial charge in [0.25, 0.3) is 5.91 Å². The number of halogens is 2. The van der Waals surface area contributed by atoms with E-state index in [2.05, 4.69) is 22.0 Å². The number of benzene rings is 1. The van der Waals surface area contributed by atoms with Gasteiger partial charge in [0.2, 0.25) is 0 Å². The van der Waals surface area contributed by atoms with E-state index in [0.29, 0.717) is 22.9 Å². The highest BCUT2D eigenvalue weighted by molar-refractivity contribution is 9.10. The van der Waals surface area contributed by atoms with Gasteiger partial charge in [-0.25, -0.2) is 4.39 Å². The molecule has 20 heavy (non-hydrogen) atoms. The van der Waals surface area contributed by atoms with Crippen LogP contribution in [0.15, 0.2) is 22.7 Å². The highest BCUT2D eigenvalue weighted by Gasteiger charge is 2.39. The fourth-order valence-corrected chi connectivity index (χ4v) is 3.22. The largest absolute Gasteiger partial charge is 0.323 e. The number of carbonyl (C=O) groups excluding carboxylic acids is 1. The lowest BCUT2D eigenvalue weighted by atomic mass is 9.81. The summed E-state index contributed by atoms with van der Waals surface area (Å²) in [5.41, 5.74) is -0.350. The zero-order valence-corrected chi connectivity index (χ0v) is 12.9. The summed E-state index contributed by atoms with van der Waals surface area (Å²) in [6.45, 7) is 0. The molecule has 1 aromatic carbocycles. The molecule has 0 aliphatic heterocycles. The van der Waals surface area contributed by atoms with Crippen LogP contribution in [0.4, 0.5) is 4.39 Å². The quantitative estimate of drug-likeness (QED) is 0.821. The van der Waals surface area contributed by atoms with Crippen molar-refractivity contribution >= 4 is 21.8 Å². The highest BCUT2D eigenvalue weighted by Crippen LogP contribution is 2.34. The van der Waals surface area contributed by atoms with Gasteiger partial charge in [0.15, 0.2) is 0 Å². The topological polar surface area (TPSA) is 44.1 Å². The minimum Gasteiger partial charge on any atom is -0.323 e. The number of amides is 1. The lowest BCUT2D eigenvalue weighted by molar-refractivity contribution is 0.0588. The summed E-state index contributed by atoms with van der Waals surface area (Å²) in [6, 6.07) is 6.29. The van der Waals surface area contributed by atoms with Gasteiger partial charge in [-0.15, -0.1) is 0 Å². The summed E-state index contributed by atoms with van der Waals surface area (Å²) < 4.78 is 13.5. The van der Waals surface area contributed by atoms with Crippen molar-refractivity contribution in [2.75, 3.05) is 7.05 Å². The number of rotatable bonds is 2. The molecule has 0 bridgehead atoms. The maximum Gasteiger partial charge on any atom is 0.256 e. The first-order valence-corrected chi connectivity index (χ1v) is 7.44. The second-order valence-corrected chi connectivity index (χ2v) is 6.05. The van der Waals surface area contributed by atoms with E-state index in [0.717, 1.165) is 19.3 Å². The van der Waals surface area contributed by atoms with Crippen molar-refractivity contribution in [1.82, 2.24) is 4.90 Å². The van der Waals surface area contributed by atoms with Gasteiger partial charge in [-0.3, -0.25) is 4.79 Å². The van der Waals surface area contributed by atoms with E-state index in [1.807, 2.05) is 0 Å². The van der Waals surface area contributed by atoms with Crippen LogP contribution in [0.25, 0.3) is 0 Å². The molecule has 0 saturated heterocycles. The summed E-state index contributed by atoms with van der Waals surface area (Å²) in [5, 5.41) is 9.51. The summed E-state index contributed by atoms with van der Waals surface area (Å²) in [6.07, 6.45) is 4.41. The lowest BCUT2D eigenvalue weighted by Gasteiger charge is -2.39. The SMILES string of the molecule is CN(C(=O)c1ccc(F)cc1Br)C1(C#N)CCCCC1. The molecule has 0 atom stereocenters. The van der Waals surface area contributed by atoms with Crippen molar-refractivity contribution in [2.45, 2.75) is 37.6 Å². The van der Waals surface area contributed by atoms with E-state index in [4.69, 9.17) is 0 Å². The number of hydrogen-bond acceptors (Lipinski definition) is 2. The predicted octanol–water partition coefficient (Wildman–Crippen LogP) is 3.89. The first-order chi connectivity index (χ1) is 9.50. The monoisotopic (exact) mass is 338 g/mol. The Morgan fingerprint density at radius 2 is 2.05 bits per heavy atom. The van der Waals surface area contributed by atoms with Crippen LogP contribution >= 0.6 is 15.9 Å². The third-order valence-corrected chi connectivity index (χ3v) is 4.65. The molecule has 0 spiro atoms. The Bertz CT molecular complexity index is 561. The van der Waals surface area contributed by atoms with E-state index in [-0.39, 0.29) is 5.91 Å². The summed E-state index contributed by atoms with van der Waals surface area (Å²) >= 11 is 3.21. The van der Waals surface area contributed by atoms with Crippen molar-refractivity contribution in [3.8, 4) is 6.07 Å². The van der Waals surface area contributed by atoms with Crippen LogP contribution in [-0.2, 0) is 0 Å². The van der Waals surface area contributed by atoms with Crippen molar-refractivity contribution in [3.05, 3.63) is 34.1 Å². The minimum atomic E-state index is -0.733. The number of hydrogen-bond donors (Lipinski definition) is 0. The highest BCUT2D eigenvalue weighted by atomic mass is 79.9. The summed E-state index contributed by atoms with van der Waals surface area (Å²) in [7, 11) is 1.66. The molecule has 3 nitrogen and oxygen atoms in total. The molecule has 2 rings (SSSR count). The molecule has 0 aromatic heterocycles. The molecule has 1 amide bonds. The molecule has 1 aromatic rings. The molecule has 1 aliphatic carbocycles. The lowest BCUT2D eigenvalue weighted by Crippen LogP contribution is -2.49. The number of nitrogens with zero attached hydrogens (tertiary/aromatic N) is 2. The maximum atomic E-state index is 13.1. The van der Waals surface area contributed by atoms with Crippen LogP contribution in [0.5, 0.6) is 0 Å². The number of nitriles is 1. The molecule has 1 saturated carbocycles. The smallest absolute Gasteiger partial charge is 0.256 e. The van der Waals surface area contributed by atoms with Gasteiger partial charge in [-0.05, 0) is 47.0 Å². The van der Waals surface area contributed by atoms with E-state index < -0.39 is 11.4 Å². The number of carbonyl (C=O) groups is 1. The first kappa shape index (κ1) is 15.0. The third kappa shape index (κ3) is 2.71. The predicted molar refractivity (Wildman–Crippen MR) is 77.6 cm³/mol. The average molecular weight is 339 g/mol. The van der Waals surface area contributed by atoms with E-state index in [1.165, 1.54) is 23.1 Å². The van der Waals surface area contributed by atoms with Gasteiger partial charge in [-0.1, -0.05) is 19.3 Å². The Morgan fingerprint density at radius 3 is 2.60 bits per heavy atom. The third-order valence-electron chi connectivity index (χ3n) is 4.00. The standard InChI is InChI=1S/C15H16BrFN2O/c1-19(15(10-18)7-3-2-4-8-15)14(20)12-6-5-11(17)9-13(12)16/h5-6,9H,2-4,7-8H2,1H3. The molecule has 106 valence electrons. The molecule has 0 radical (unpaired) electrons. The van der Waals surface area contributed by atoms with Gasteiger partial charge >= 0.3 is 0 Å². The molecular formula is C15H16BrFN2O. The van der Waals surface area contributed by atoms with Crippen LogP contribution < -0.4 is 0 Å². The Morgan fingerprint density at radius 1 is 1.40 bits per heavy atom. The van der Waals surface area contributed by atoms with Crippen molar-refractivity contribution < 1.29 is 9.18 Å². The second kappa shape index (κ2) is 5.92. The molecule has 1 fully saturated rings. The van der Waals surface area contributed by atoms with Crippen molar-refractivity contribution in [3.63, 3.8) is 0 Å². The van der Waals surface area contributed by atoms with Gasteiger partial charge in [0.1, 0.15) is 11.4 Å².